The average Bonchev–Trinajstić information content (AvgIpc) is 1.62. The molecule has 0 unspecified atom stereocenters. The van der Waals surface area contributed by atoms with Gasteiger partial charge in [0.15, 0.2) is 0 Å². The molecule has 0 aliphatic carbocycles. The molecule has 6 heterocycles. The van der Waals surface area contributed by atoms with E-state index in [4.69, 9.17) is 15.0 Å². The van der Waals surface area contributed by atoms with Crippen molar-refractivity contribution < 1.29 is 25.3 Å². The molecule has 0 saturated heterocycles. The minimum absolute atomic E-state index is 0.315. The van der Waals surface area contributed by atoms with Gasteiger partial charge >= 0.3 is 0 Å². The highest BCUT2D eigenvalue weighted by atomic mass is 32.2. The Morgan fingerprint density at radius 3 is 0.820 bits per heavy atom. The van der Waals surface area contributed by atoms with Crippen LogP contribution in [-0.4, -0.2) is 53.9 Å². The molecule has 23 aromatic rings. The zero-order valence-corrected chi connectivity index (χ0v) is 72.1. The third-order valence-corrected chi connectivity index (χ3v) is 31.7. The van der Waals surface area contributed by atoms with Gasteiger partial charge in [-0.15, -0.1) is 0 Å². The van der Waals surface area contributed by atoms with Crippen LogP contribution in [-0.2, 0) is 48.8 Å². The van der Waals surface area contributed by atoms with Gasteiger partial charge in [-0.25, -0.2) is 40.2 Å². The van der Waals surface area contributed by atoms with Gasteiger partial charge in [-0.3, -0.25) is 13.7 Å². The molecule has 3 aromatic heterocycles. The SMILES string of the molecule is CCc1nc2cccc3c2n1-c1cc(-c2c4ccccc4c(-c4ccc5ccccc5c4)c4ccccc24)ccc1S3(=O)=O.CCc1nc2cccc3c2n1-c1cc(-c2c4ccccc4c(-c4cccc5ccccc45)c4ccccc24)ccc1S3(=O)=O.CCc1nc2cccc3c2n1-c1cc(-c2c4ccccc4c(-c4ccccc4)c4ccccc24)ccc1S3(=O)=O. The Labute approximate surface area is 738 Å². The molecule has 0 amide bonds. The van der Waals surface area contributed by atoms with Crippen molar-refractivity contribution in [1.82, 2.24) is 28.7 Å². The van der Waals surface area contributed by atoms with Gasteiger partial charge in [0.1, 0.15) is 17.5 Å². The number of sulfone groups is 3. The number of benzene rings is 20. The molecule has 128 heavy (non-hydrogen) atoms. The highest BCUT2D eigenvalue weighted by Crippen LogP contribution is 2.53. The Bertz CT molecular complexity index is 8990. The minimum Gasteiger partial charge on any atom is -0.294 e. The maximum Gasteiger partial charge on any atom is 0.210 e. The van der Waals surface area contributed by atoms with E-state index < -0.39 is 29.5 Å². The van der Waals surface area contributed by atoms with E-state index in [0.29, 0.717) is 98.8 Å². The first-order valence-electron chi connectivity index (χ1n) is 43.2. The largest absolute Gasteiger partial charge is 0.294 e. The fourth-order valence-corrected chi connectivity index (χ4v) is 25.6. The lowest BCUT2D eigenvalue weighted by molar-refractivity contribution is 0.592. The van der Waals surface area contributed by atoms with E-state index in [2.05, 4.69) is 291 Å². The molecule has 15 heteroatoms. The maximum absolute atomic E-state index is 13.9. The summed E-state index contributed by atoms with van der Waals surface area (Å²) < 4.78 is 89.4. The van der Waals surface area contributed by atoms with Gasteiger partial charge in [0.25, 0.3) is 0 Å². The number of hydrogen-bond donors (Lipinski definition) is 0. The molecule has 12 nitrogen and oxygen atoms in total. The third kappa shape index (κ3) is 11.4. The number of fused-ring (bicyclic) bond motifs is 14. The second-order valence-corrected chi connectivity index (χ2v) is 38.7. The summed E-state index contributed by atoms with van der Waals surface area (Å²) in [7, 11) is -11.1. The topological polar surface area (TPSA) is 156 Å². The smallest absolute Gasteiger partial charge is 0.210 e. The van der Waals surface area contributed by atoms with Crippen molar-refractivity contribution in [3.63, 3.8) is 0 Å². The van der Waals surface area contributed by atoms with Crippen LogP contribution in [0.25, 0.3) is 203 Å². The van der Waals surface area contributed by atoms with Crippen LogP contribution in [0.4, 0.5) is 0 Å². The van der Waals surface area contributed by atoms with Crippen molar-refractivity contribution in [3.05, 3.63) is 388 Å². The molecule has 0 bridgehead atoms. The molecule has 0 spiro atoms. The molecular formula is C113H76N6O6S3. The highest BCUT2D eigenvalue weighted by molar-refractivity contribution is 7.92. The molecular weight excluding hydrogens is 1630 g/mol. The molecule has 26 rings (SSSR count). The Balaban J connectivity index is 0.000000107. The first-order chi connectivity index (χ1) is 62.7. The number of rotatable bonds is 9. The molecule has 0 atom stereocenters. The predicted molar refractivity (Wildman–Crippen MR) is 520 cm³/mol. The standard InChI is InChI=1S/2C39H26N2O2S.C35H24N2O2S/c1-2-36-40-32-19-10-20-35-39(32)41(36)33-23-25(21-22-34(33)44(35,42)43)37-28-14-5-7-16-30(28)38(31-17-8-6-15-29(31)37)27-18-9-12-24-11-3-4-13-26(24)27;1-2-36-40-32-16-9-17-35-39(32)41(36)33-23-27(20-21-34(33)44(35,42)43)38-30-14-7-5-12-28(30)37(29-13-6-8-15-31(29)38)26-19-18-24-10-3-4-11-25(24)22-26;1-2-32-36-28-17-10-18-31-35(28)37(32)29-21-23(19-20-30(29)40(31,38)39)34-26-15-8-6-13-24(26)33(22-11-4-3-5-12-22)25-14-7-9-16-27(25)34/h2*3-23H,2H2,1H3;3-21H,2H2,1H3. The van der Waals surface area contributed by atoms with Crippen LogP contribution in [0.15, 0.2) is 399 Å². The maximum atomic E-state index is 13.9. The van der Waals surface area contributed by atoms with Crippen LogP contribution in [0.2, 0.25) is 0 Å². The van der Waals surface area contributed by atoms with Gasteiger partial charge in [0.2, 0.25) is 29.5 Å². The lowest BCUT2D eigenvalue weighted by Gasteiger charge is -2.23. The van der Waals surface area contributed by atoms with E-state index in [9.17, 15) is 25.3 Å². The normalized spacial score (nSPS) is 13.6. The van der Waals surface area contributed by atoms with Crippen molar-refractivity contribution in [2.24, 2.45) is 0 Å². The van der Waals surface area contributed by atoms with E-state index >= 15 is 0 Å². The summed E-state index contributed by atoms with van der Waals surface area (Å²) in [6, 6.07) is 125. The Morgan fingerprint density at radius 1 is 0.211 bits per heavy atom. The zero-order valence-electron chi connectivity index (χ0n) is 69.7. The van der Waals surface area contributed by atoms with Gasteiger partial charge in [-0.05, 0) is 232 Å². The Morgan fingerprint density at radius 2 is 0.477 bits per heavy atom. The van der Waals surface area contributed by atoms with E-state index in [-0.39, 0.29) is 0 Å². The van der Waals surface area contributed by atoms with E-state index in [1.165, 1.54) is 54.9 Å². The summed E-state index contributed by atoms with van der Waals surface area (Å²) in [5, 5.41) is 18.6. The van der Waals surface area contributed by atoms with E-state index in [1.807, 2.05) is 59.2 Å². The lowest BCUT2D eigenvalue weighted by atomic mass is 9.84. The van der Waals surface area contributed by atoms with Crippen molar-refractivity contribution in [2.75, 3.05) is 0 Å². The van der Waals surface area contributed by atoms with Crippen LogP contribution in [0.1, 0.15) is 38.2 Å². The van der Waals surface area contributed by atoms with Gasteiger partial charge in [0.05, 0.1) is 79.5 Å². The molecule has 20 aromatic carbocycles. The second kappa shape index (κ2) is 29.2. The molecule has 0 radical (unpaired) electrons. The fraction of sp³-hybridized carbons (Fsp3) is 0.0531. The molecule has 3 aliphatic heterocycles. The molecule has 0 saturated carbocycles. The van der Waals surface area contributed by atoms with Crippen LogP contribution in [0.3, 0.4) is 0 Å². The first kappa shape index (κ1) is 76.4. The number of para-hydroxylation sites is 3. The predicted octanol–water partition coefficient (Wildman–Crippen LogP) is 27.4. The van der Waals surface area contributed by atoms with Gasteiger partial charge in [-0.1, -0.05) is 312 Å². The fourth-order valence-electron chi connectivity index (χ4n) is 20.8. The van der Waals surface area contributed by atoms with Crippen LogP contribution in [0, 0.1) is 0 Å². The summed E-state index contributed by atoms with van der Waals surface area (Å²) in [6.07, 6.45) is 2.06. The monoisotopic (exact) mass is 1710 g/mol. The summed E-state index contributed by atoms with van der Waals surface area (Å²) in [6.45, 7) is 6.17. The second-order valence-electron chi connectivity index (χ2n) is 33.1. The number of imidazole rings is 3. The number of aromatic nitrogens is 6. The van der Waals surface area contributed by atoms with Crippen molar-refractivity contribution in [2.45, 2.75) is 69.4 Å². The number of nitrogens with zero attached hydrogens (tertiary/aromatic N) is 6. The van der Waals surface area contributed by atoms with Crippen LogP contribution in [0.5, 0.6) is 0 Å². The van der Waals surface area contributed by atoms with Crippen molar-refractivity contribution in [3.8, 4) is 83.8 Å². The quantitative estimate of drug-likeness (QED) is 0.128. The summed E-state index contributed by atoms with van der Waals surface area (Å²) in [4.78, 5) is 16.4. The van der Waals surface area contributed by atoms with Crippen LogP contribution < -0.4 is 0 Å². The molecule has 3 aliphatic rings. The molecule has 612 valence electrons. The zero-order chi connectivity index (χ0) is 86.2. The van der Waals surface area contributed by atoms with Crippen molar-refractivity contribution >= 4 is 149 Å². The van der Waals surface area contributed by atoms with Gasteiger partial charge in [0, 0.05) is 19.3 Å². The Hall–Kier alpha value is -15.3. The molecule has 0 fully saturated rings. The number of aryl methyl sites for hydroxylation is 3. The third-order valence-electron chi connectivity index (χ3n) is 26.2. The first-order valence-corrected chi connectivity index (χ1v) is 47.7. The van der Waals surface area contributed by atoms with Gasteiger partial charge < -0.3 is 0 Å². The highest BCUT2D eigenvalue weighted by Gasteiger charge is 2.38. The Kier molecular flexibility index (Phi) is 17.4. The summed E-state index contributed by atoms with van der Waals surface area (Å²) in [5.41, 5.74) is 19.4. The van der Waals surface area contributed by atoms with E-state index in [0.717, 1.165) is 115 Å². The lowest BCUT2D eigenvalue weighted by Crippen LogP contribution is -2.16. The average molecular weight is 1710 g/mol. The van der Waals surface area contributed by atoms with E-state index in [1.54, 1.807) is 54.6 Å². The summed E-state index contributed by atoms with van der Waals surface area (Å²) >= 11 is 0. The van der Waals surface area contributed by atoms with Gasteiger partial charge in [-0.2, -0.15) is 0 Å². The summed E-state index contributed by atoms with van der Waals surface area (Å²) in [5.74, 6) is 2.55. The molecule has 0 N–H and O–H groups in total. The minimum atomic E-state index is -3.71. The van der Waals surface area contributed by atoms with Crippen molar-refractivity contribution in [1.29, 1.82) is 0 Å². The van der Waals surface area contributed by atoms with Crippen LogP contribution >= 0.6 is 0 Å². The number of hydrogen-bond acceptors (Lipinski definition) is 9.